The molecule has 2 N–H and O–H groups in total. The lowest BCUT2D eigenvalue weighted by molar-refractivity contribution is 0.331. The lowest BCUT2D eigenvalue weighted by Gasteiger charge is -2.13. The van der Waals surface area contributed by atoms with Gasteiger partial charge in [-0.3, -0.25) is 4.98 Å². The van der Waals surface area contributed by atoms with Crippen LogP contribution in [0.15, 0.2) is 53.6 Å². The number of benzene rings is 2. The number of halogens is 2. The summed E-state index contributed by atoms with van der Waals surface area (Å²) in [6.07, 6.45) is 1.67. The van der Waals surface area contributed by atoms with Crippen LogP contribution in [0.5, 0.6) is 5.75 Å². The first-order chi connectivity index (χ1) is 13.4. The van der Waals surface area contributed by atoms with Crippen molar-refractivity contribution in [2.75, 3.05) is 25.0 Å². The number of hydrogen-bond acceptors (Lipinski definition) is 5. The van der Waals surface area contributed by atoms with E-state index in [4.69, 9.17) is 27.9 Å². The third kappa shape index (κ3) is 4.86. The Morgan fingerprint density at radius 3 is 2.57 bits per heavy atom. The van der Waals surface area contributed by atoms with Gasteiger partial charge in [0.1, 0.15) is 10.6 Å². The van der Waals surface area contributed by atoms with Crippen LogP contribution in [-0.4, -0.2) is 33.1 Å². The van der Waals surface area contributed by atoms with E-state index in [-0.39, 0.29) is 17.2 Å². The molecule has 0 bridgehead atoms. The predicted molar refractivity (Wildman–Crippen MR) is 113 cm³/mol. The SMILES string of the molecule is CCOc1ccc(Cl)cc1S(=O)(=O)NCCNc1ccnc2cc(Cl)ccc12. The molecule has 0 atom stereocenters. The summed E-state index contributed by atoms with van der Waals surface area (Å²) in [5.74, 6) is 0.268. The van der Waals surface area contributed by atoms with Crippen LogP contribution in [0, 0.1) is 0 Å². The van der Waals surface area contributed by atoms with Crippen molar-refractivity contribution in [1.82, 2.24) is 9.71 Å². The predicted octanol–water partition coefficient (Wildman–Crippen LogP) is 4.33. The molecular formula is C19H19Cl2N3O3S. The van der Waals surface area contributed by atoms with Gasteiger partial charge in [0.2, 0.25) is 10.0 Å². The van der Waals surface area contributed by atoms with Crippen LogP contribution in [0.25, 0.3) is 10.9 Å². The fourth-order valence-corrected chi connectivity index (χ4v) is 4.31. The Hall–Kier alpha value is -2.06. The average Bonchev–Trinajstić information content (AvgIpc) is 2.66. The van der Waals surface area contributed by atoms with Crippen LogP contribution in [-0.2, 0) is 10.0 Å². The number of pyridine rings is 1. The number of hydrogen-bond donors (Lipinski definition) is 2. The van der Waals surface area contributed by atoms with Crippen molar-refractivity contribution in [3.05, 3.63) is 58.7 Å². The maximum atomic E-state index is 12.6. The summed E-state index contributed by atoms with van der Waals surface area (Å²) in [7, 11) is -3.77. The zero-order valence-corrected chi connectivity index (χ0v) is 17.4. The molecule has 0 saturated carbocycles. The van der Waals surface area contributed by atoms with Crippen LogP contribution in [0.1, 0.15) is 6.92 Å². The zero-order valence-electron chi connectivity index (χ0n) is 15.1. The quantitative estimate of drug-likeness (QED) is 0.510. The fourth-order valence-electron chi connectivity index (χ4n) is 2.70. The largest absolute Gasteiger partial charge is 0.492 e. The number of nitrogens with one attached hydrogen (secondary N) is 2. The zero-order chi connectivity index (χ0) is 20.1. The van der Waals surface area contributed by atoms with Crippen LogP contribution in [0.4, 0.5) is 5.69 Å². The molecule has 9 heteroatoms. The van der Waals surface area contributed by atoms with Crippen molar-refractivity contribution in [3.63, 3.8) is 0 Å². The third-order valence-electron chi connectivity index (χ3n) is 3.93. The number of nitrogens with zero attached hydrogens (tertiary/aromatic N) is 1. The monoisotopic (exact) mass is 439 g/mol. The highest BCUT2D eigenvalue weighted by atomic mass is 35.5. The van der Waals surface area contributed by atoms with E-state index in [1.165, 1.54) is 6.07 Å². The number of fused-ring (bicyclic) bond motifs is 1. The van der Waals surface area contributed by atoms with Gasteiger partial charge in [-0.25, -0.2) is 13.1 Å². The van der Waals surface area contributed by atoms with Gasteiger partial charge >= 0.3 is 0 Å². The summed E-state index contributed by atoms with van der Waals surface area (Å²) < 4.78 is 33.2. The Balaban J connectivity index is 1.68. The van der Waals surface area contributed by atoms with Gasteiger partial charge in [0.15, 0.2) is 0 Å². The van der Waals surface area contributed by atoms with Crippen LogP contribution in [0.3, 0.4) is 0 Å². The molecule has 1 heterocycles. The highest BCUT2D eigenvalue weighted by Gasteiger charge is 2.19. The van der Waals surface area contributed by atoms with Gasteiger partial charge in [0.05, 0.1) is 12.1 Å². The molecule has 0 unspecified atom stereocenters. The number of anilines is 1. The summed E-state index contributed by atoms with van der Waals surface area (Å²) in [4.78, 5) is 4.30. The van der Waals surface area contributed by atoms with Crippen molar-refractivity contribution < 1.29 is 13.2 Å². The molecule has 2 aromatic carbocycles. The second-order valence-electron chi connectivity index (χ2n) is 5.87. The Morgan fingerprint density at radius 1 is 1.04 bits per heavy atom. The number of ether oxygens (including phenoxy) is 1. The van der Waals surface area contributed by atoms with Crippen molar-refractivity contribution in [2.24, 2.45) is 0 Å². The van der Waals surface area contributed by atoms with Gasteiger partial charge in [-0.15, -0.1) is 0 Å². The number of rotatable bonds is 8. The Bertz CT molecular complexity index is 1090. The van der Waals surface area contributed by atoms with Gasteiger partial charge in [-0.2, -0.15) is 0 Å². The molecule has 148 valence electrons. The molecule has 3 rings (SSSR count). The first-order valence-electron chi connectivity index (χ1n) is 8.61. The van der Waals surface area contributed by atoms with E-state index < -0.39 is 10.0 Å². The molecule has 1 aromatic heterocycles. The smallest absolute Gasteiger partial charge is 0.244 e. The molecule has 0 saturated heterocycles. The van der Waals surface area contributed by atoms with E-state index in [0.717, 1.165) is 16.6 Å². The normalized spacial score (nSPS) is 11.5. The summed E-state index contributed by atoms with van der Waals surface area (Å²) in [5, 5.41) is 5.05. The third-order valence-corrected chi connectivity index (χ3v) is 5.88. The van der Waals surface area contributed by atoms with Crippen molar-refractivity contribution >= 4 is 49.8 Å². The van der Waals surface area contributed by atoms with Crippen molar-refractivity contribution in [1.29, 1.82) is 0 Å². The van der Waals surface area contributed by atoms with Gasteiger partial charge in [-0.05, 0) is 49.4 Å². The van der Waals surface area contributed by atoms with Gasteiger partial charge in [0, 0.05) is 40.4 Å². The Kier molecular flexibility index (Phi) is 6.61. The minimum absolute atomic E-state index is 0.0193. The maximum Gasteiger partial charge on any atom is 0.244 e. The minimum atomic E-state index is -3.77. The fraction of sp³-hybridized carbons (Fsp3) is 0.211. The average molecular weight is 440 g/mol. The number of aromatic nitrogens is 1. The van der Waals surface area contributed by atoms with E-state index in [1.807, 2.05) is 12.1 Å². The molecule has 28 heavy (non-hydrogen) atoms. The molecular weight excluding hydrogens is 421 g/mol. The standard InChI is InChI=1S/C19H19Cl2N3O3S/c1-2-27-18-6-4-14(21)12-19(18)28(25,26)24-10-9-23-16-7-8-22-17-11-13(20)3-5-15(16)17/h3-8,11-12,24H,2,9-10H2,1H3,(H,22,23). The molecule has 6 nitrogen and oxygen atoms in total. The summed E-state index contributed by atoms with van der Waals surface area (Å²) in [5.41, 5.74) is 1.61. The van der Waals surface area contributed by atoms with Crippen molar-refractivity contribution in [2.45, 2.75) is 11.8 Å². The lowest BCUT2D eigenvalue weighted by atomic mass is 10.2. The van der Waals surface area contributed by atoms with Crippen molar-refractivity contribution in [3.8, 4) is 5.75 Å². The Labute approximate surface area is 173 Å². The first kappa shape index (κ1) is 20.7. The summed E-state index contributed by atoms with van der Waals surface area (Å²) in [6.45, 7) is 2.70. The second kappa shape index (κ2) is 8.96. The first-order valence-corrected chi connectivity index (χ1v) is 10.8. The molecule has 0 aliphatic rings. The minimum Gasteiger partial charge on any atom is -0.492 e. The highest BCUT2D eigenvalue weighted by Crippen LogP contribution is 2.27. The molecule has 0 amide bonds. The van der Waals surface area contributed by atoms with E-state index in [9.17, 15) is 8.42 Å². The summed E-state index contributed by atoms with van der Waals surface area (Å²) >= 11 is 12.0. The van der Waals surface area contributed by atoms with Crippen LogP contribution >= 0.6 is 23.2 Å². The van der Waals surface area contributed by atoms with E-state index in [0.29, 0.717) is 23.2 Å². The van der Waals surface area contributed by atoms with E-state index in [2.05, 4.69) is 15.0 Å². The lowest BCUT2D eigenvalue weighted by Crippen LogP contribution is -2.29. The summed E-state index contributed by atoms with van der Waals surface area (Å²) in [6, 6.07) is 11.8. The number of sulfonamides is 1. The Morgan fingerprint density at radius 2 is 1.79 bits per heavy atom. The van der Waals surface area contributed by atoms with E-state index >= 15 is 0 Å². The molecule has 0 aliphatic heterocycles. The molecule has 0 spiro atoms. The van der Waals surface area contributed by atoms with Gasteiger partial charge < -0.3 is 10.1 Å². The van der Waals surface area contributed by atoms with Crippen LogP contribution < -0.4 is 14.8 Å². The maximum absolute atomic E-state index is 12.6. The second-order valence-corrected chi connectivity index (χ2v) is 8.48. The van der Waals surface area contributed by atoms with Gasteiger partial charge in [-0.1, -0.05) is 23.2 Å². The van der Waals surface area contributed by atoms with Crippen LogP contribution in [0.2, 0.25) is 10.0 Å². The topological polar surface area (TPSA) is 80.3 Å². The highest BCUT2D eigenvalue weighted by molar-refractivity contribution is 7.89. The molecule has 3 aromatic rings. The van der Waals surface area contributed by atoms with Gasteiger partial charge in [0.25, 0.3) is 0 Å². The van der Waals surface area contributed by atoms with E-state index in [1.54, 1.807) is 37.4 Å². The molecule has 0 fully saturated rings. The molecule has 0 aliphatic carbocycles. The molecule has 0 radical (unpaired) electrons.